The van der Waals surface area contributed by atoms with Gasteiger partial charge in [-0.05, 0) is 23.4 Å². The van der Waals surface area contributed by atoms with Gasteiger partial charge >= 0.3 is 0 Å². The Morgan fingerprint density at radius 2 is 1.88 bits per heavy atom. The van der Waals surface area contributed by atoms with Crippen LogP contribution in [0.25, 0.3) is 0 Å². The largest absolute Gasteiger partial charge is 0.324 e. The fraction of sp³-hybridized carbons (Fsp3) is 0.235. The summed E-state index contributed by atoms with van der Waals surface area (Å²) in [6.45, 7) is 2.07. The number of para-hydroxylation sites is 1. The minimum Gasteiger partial charge on any atom is -0.324 e. The molecule has 2 aromatic rings. The summed E-state index contributed by atoms with van der Waals surface area (Å²) in [4.78, 5) is 23.3. The van der Waals surface area contributed by atoms with Gasteiger partial charge < -0.3 is 5.32 Å². The van der Waals surface area contributed by atoms with E-state index in [-0.39, 0.29) is 11.6 Å². The average molecular weight is 362 g/mol. The smallest absolute Gasteiger partial charge is 0.269 e. The third-order valence-electron chi connectivity index (χ3n) is 3.11. The van der Waals surface area contributed by atoms with Crippen molar-refractivity contribution >= 4 is 40.8 Å². The van der Waals surface area contributed by atoms with E-state index in [1.165, 1.54) is 23.9 Å². The first-order valence-corrected chi connectivity index (χ1v) is 9.57. The molecule has 0 bridgehead atoms. The highest BCUT2D eigenvalue weighted by molar-refractivity contribution is 7.99. The lowest BCUT2D eigenvalue weighted by Gasteiger charge is -2.09. The summed E-state index contributed by atoms with van der Waals surface area (Å²) >= 11 is 3.17. The number of anilines is 1. The summed E-state index contributed by atoms with van der Waals surface area (Å²) < 4.78 is 0. The number of nitrogens with one attached hydrogen (secondary N) is 1. The van der Waals surface area contributed by atoms with Gasteiger partial charge in [-0.1, -0.05) is 31.2 Å². The molecule has 0 fully saturated rings. The summed E-state index contributed by atoms with van der Waals surface area (Å²) in [5.41, 5.74) is 1.87. The highest BCUT2D eigenvalue weighted by atomic mass is 32.2. The number of thioether (sulfide) groups is 2. The van der Waals surface area contributed by atoms with E-state index in [0.717, 1.165) is 21.9 Å². The topological polar surface area (TPSA) is 72.2 Å². The number of carbonyl (C=O) groups is 1. The molecule has 0 aliphatic carbocycles. The van der Waals surface area contributed by atoms with Crippen molar-refractivity contribution in [3.8, 4) is 0 Å². The van der Waals surface area contributed by atoms with Gasteiger partial charge in [0.15, 0.2) is 0 Å². The van der Waals surface area contributed by atoms with Crippen molar-refractivity contribution < 1.29 is 9.72 Å². The zero-order valence-electron chi connectivity index (χ0n) is 13.2. The Hall–Kier alpha value is -1.99. The lowest BCUT2D eigenvalue weighted by molar-refractivity contribution is -0.384. The van der Waals surface area contributed by atoms with Crippen LogP contribution in [0.5, 0.6) is 0 Å². The van der Waals surface area contributed by atoms with Gasteiger partial charge in [0.2, 0.25) is 5.91 Å². The van der Waals surface area contributed by atoms with Crippen LogP contribution in [0.1, 0.15) is 12.5 Å². The summed E-state index contributed by atoms with van der Waals surface area (Å²) in [6, 6.07) is 14.1. The van der Waals surface area contributed by atoms with Crippen molar-refractivity contribution in [2.24, 2.45) is 0 Å². The molecule has 5 nitrogen and oxygen atoms in total. The van der Waals surface area contributed by atoms with Crippen LogP contribution < -0.4 is 5.32 Å². The van der Waals surface area contributed by atoms with E-state index >= 15 is 0 Å². The standard InChI is InChI=1S/C17H18N2O3S2/c1-2-24-16-6-4-3-5-15(16)18-17(20)12-23-11-13-7-9-14(10-8-13)19(21)22/h3-10H,2,11-12H2,1H3,(H,18,20). The van der Waals surface area contributed by atoms with Gasteiger partial charge in [0, 0.05) is 22.8 Å². The number of hydrogen-bond acceptors (Lipinski definition) is 5. The van der Waals surface area contributed by atoms with Crippen LogP contribution in [0.3, 0.4) is 0 Å². The summed E-state index contributed by atoms with van der Waals surface area (Å²) in [5.74, 6) is 1.87. The lowest BCUT2D eigenvalue weighted by Crippen LogP contribution is -2.14. The highest BCUT2D eigenvalue weighted by Gasteiger charge is 2.08. The second kappa shape index (κ2) is 9.34. The Morgan fingerprint density at radius 3 is 2.54 bits per heavy atom. The van der Waals surface area contributed by atoms with Crippen molar-refractivity contribution in [2.45, 2.75) is 17.6 Å². The molecule has 0 spiro atoms. The van der Waals surface area contributed by atoms with E-state index < -0.39 is 4.92 Å². The molecule has 0 aromatic heterocycles. The second-order valence-corrected chi connectivity index (χ2v) is 7.19. The lowest BCUT2D eigenvalue weighted by atomic mass is 10.2. The third-order valence-corrected chi connectivity index (χ3v) is 5.07. The van der Waals surface area contributed by atoms with Crippen LogP contribution in [0, 0.1) is 10.1 Å². The number of nitro benzene ring substituents is 1. The van der Waals surface area contributed by atoms with Crippen molar-refractivity contribution in [1.82, 2.24) is 0 Å². The average Bonchev–Trinajstić information content (AvgIpc) is 2.57. The second-order valence-electron chi connectivity index (χ2n) is 4.89. The molecule has 7 heteroatoms. The highest BCUT2D eigenvalue weighted by Crippen LogP contribution is 2.26. The predicted octanol–water partition coefficient (Wildman–Crippen LogP) is 4.58. The molecule has 0 saturated heterocycles. The maximum atomic E-state index is 12.1. The normalized spacial score (nSPS) is 10.4. The third kappa shape index (κ3) is 5.58. The molecule has 126 valence electrons. The number of amides is 1. The van der Waals surface area contributed by atoms with E-state index in [2.05, 4.69) is 12.2 Å². The van der Waals surface area contributed by atoms with Gasteiger partial charge in [-0.25, -0.2) is 0 Å². The van der Waals surface area contributed by atoms with Gasteiger partial charge in [-0.3, -0.25) is 14.9 Å². The summed E-state index contributed by atoms with van der Waals surface area (Å²) in [6.07, 6.45) is 0. The van der Waals surface area contributed by atoms with E-state index in [1.54, 1.807) is 23.9 Å². The van der Waals surface area contributed by atoms with Crippen LogP contribution in [0.4, 0.5) is 11.4 Å². The van der Waals surface area contributed by atoms with Crippen LogP contribution >= 0.6 is 23.5 Å². The van der Waals surface area contributed by atoms with Crippen LogP contribution in [0.2, 0.25) is 0 Å². The number of nitrogens with zero attached hydrogens (tertiary/aromatic N) is 1. The Kier molecular flexibility index (Phi) is 7.14. The molecule has 0 heterocycles. The Morgan fingerprint density at radius 1 is 1.17 bits per heavy atom. The van der Waals surface area contributed by atoms with E-state index in [4.69, 9.17) is 0 Å². The molecule has 0 radical (unpaired) electrons. The maximum Gasteiger partial charge on any atom is 0.269 e. The number of hydrogen-bond donors (Lipinski definition) is 1. The van der Waals surface area contributed by atoms with Crippen LogP contribution in [-0.2, 0) is 10.5 Å². The quantitative estimate of drug-likeness (QED) is 0.423. The molecule has 2 rings (SSSR count). The number of benzene rings is 2. The monoisotopic (exact) mass is 362 g/mol. The van der Waals surface area contributed by atoms with E-state index in [1.807, 2.05) is 24.3 Å². The molecular weight excluding hydrogens is 344 g/mol. The number of nitro groups is 1. The van der Waals surface area contributed by atoms with Crippen molar-refractivity contribution in [3.05, 3.63) is 64.2 Å². The maximum absolute atomic E-state index is 12.1. The Balaban J connectivity index is 1.82. The Labute approximate surface area is 149 Å². The SMILES string of the molecule is CCSc1ccccc1NC(=O)CSCc1ccc([N+](=O)[O-])cc1. The van der Waals surface area contributed by atoms with Crippen molar-refractivity contribution in [2.75, 3.05) is 16.8 Å². The fourth-order valence-electron chi connectivity index (χ4n) is 2.01. The molecule has 0 atom stereocenters. The molecule has 0 aliphatic heterocycles. The Bertz CT molecular complexity index is 705. The first kappa shape index (κ1) is 18.4. The van der Waals surface area contributed by atoms with Crippen molar-refractivity contribution in [3.63, 3.8) is 0 Å². The molecule has 0 aliphatic rings. The molecule has 0 unspecified atom stereocenters. The first-order chi connectivity index (χ1) is 11.6. The minimum atomic E-state index is -0.421. The first-order valence-electron chi connectivity index (χ1n) is 7.43. The number of non-ortho nitro benzene ring substituents is 1. The van der Waals surface area contributed by atoms with Gasteiger partial charge in [0.05, 0.1) is 16.4 Å². The summed E-state index contributed by atoms with van der Waals surface area (Å²) in [7, 11) is 0. The molecule has 24 heavy (non-hydrogen) atoms. The molecule has 1 N–H and O–H groups in total. The van der Waals surface area contributed by atoms with E-state index in [9.17, 15) is 14.9 Å². The summed E-state index contributed by atoms with van der Waals surface area (Å²) in [5, 5.41) is 13.5. The van der Waals surface area contributed by atoms with Gasteiger partial charge in [-0.15, -0.1) is 23.5 Å². The molecule has 1 amide bonds. The van der Waals surface area contributed by atoms with Gasteiger partial charge in [0.25, 0.3) is 5.69 Å². The number of rotatable bonds is 8. The van der Waals surface area contributed by atoms with Crippen LogP contribution in [0.15, 0.2) is 53.4 Å². The van der Waals surface area contributed by atoms with Crippen molar-refractivity contribution in [1.29, 1.82) is 0 Å². The van der Waals surface area contributed by atoms with Crippen LogP contribution in [-0.4, -0.2) is 22.3 Å². The van der Waals surface area contributed by atoms with Gasteiger partial charge in [0.1, 0.15) is 0 Å². The molecule has 2 aromatic carbocycles. The minimum absolute atomic E-state index is 0.0499. The zero-order chi connectivity index (χ0) is 17.4. The van der Waals surface area contributed by atoms with Gasteiger partial charge in [-0.2, -0.15) is 0 Å². The number of carbonyl (C=O) groups excluding carboxylic acids is 1. The predicted molar refractivity (Wildman–Crippen MR) is 101 cm³/mol. The zero-order valence-corrected chi connectivity index (χ0v) is 14.9. The van der Waals surface area contributed by atoms with E-state index in [0.29, 0.717) is 11.5 Å². The molecule has 0 saturated carbocycles. The fourth-order valence-corrected chi connectivity index (χ4v) is 3.56. The molecular formula is C17H18N2O3S2.